The molecule has 0 aliphatic rings. The van der Waals surface area contributed by atoms with Crippen LogP contribution in [0.15, 0.2) is 18.2 Å². The van der Waals surface area contributed by atoms with Crippen molar-refractivity contribution >= 4 is 23.2 Å². The lowest BCUT2D eigenvalue weighted by molar-refractivity contribution is 0.559. The first-order valence-electron chi connectivity index (χ1n) is 7.52. The smallest absolute Gasteiger partial charge is 0.0424 e. The summed E-state index contributed by atoms with van der Waals surface area (Å²) in [5.41, 5.74) is 1.15. The van der Waals surface area contributed by atoms with Crippen LogP contribution in [-0.2, 0) is 6.54 Å². The quantitative estimate of drug-likeness (QED) is 0.581. The number of unbranched alkanes of at least 4 members (excludes halogenated alkanes) is 5. The molecule has 0 spiro atoms. The van der Waals surface area contributed by atoms with Crippen molar-refractivity contribution in [1.29, 1.82) is 0 Å². The zero-order valence-electron chi connectivity index (χ0n) is 12.4. The zero-order valence-corrected chi connectivity index (χ0v) is 13.9. The van der Waals surface area contributed by atoms with Gasteiger partial charge in [-0.2, -0.15) is 0 Å². The van der Waals surface area contributed by atoms with E-state index in [9.17, 15) is 0 Å². The van der Waals surface area contributed by atoms with Gasteiger partial charge in [-0.25, -0.2) is 0 Å². The minimum Gasteiger partial charge on any atom is -0.320 e. The van der Waals surface area contributed by atoms with Crippen molar-refractivity contribution in [2.45, 2.75) is 45.1 Å². The largest absolute Gasteiger partial charge is 0.320 e. The van der Waals surface area contributed by atoms with Gasteiger partial charge in [0, 0.05) is 16.6 Å². The molecule has 0 amide bonds. The summed E-state index contributed by atoms with van der Waals surface area (Å²) in [4.78, 5) is 0. The molecule has 0 aromatic heterocycles. The van der Waals surface area contributed by atoms with Gasteiger partial charge in [0.05, 0.1) is 0 Å². The highest BCUT2D eigenvalue weighted by molar-refractivity contribution is 6.34. The monoisotopic (exact) mass is 316 g/mol. The lowest BCUT2D eigenvalue weighted by Gasteiger charge is -2.06. The van der Waals surface area contributed by atoms with Crippen LogP contribution in [0.25, 0.3) is 0 Å². The van der Waals surface area contributed by atoms with Crippen molar-refractivity contribution in [3.8, 4) is 0 Å². The van der Waals surface area contributed by atoms with Crippen molar-refractivity contribution in [2.24, 2.45) is 0 Å². The first-order chi connectivity index (χ1) is 9.72. The van der Waals surface area contributed by atoms with Gasteiger partial charge in [-0.1, -0.05) is 48.9 Å². The topological polar surface area (TPSA) is 24.1 Å². The van der Waals surface area contributed by atoms with E-state index in [0.717, 1.165) is 25.2 Å². The van der Waals surface area contributed by atoms with E-state index in [1.807, 2.05) is 19.2 Å². The maximum absolute atomic E-state index is 5.97. The van der Waals surface area contributed by atoms with Gasteiger partial charge in [0.15, 0.2) is 0 Å². The summed E-state index contributed by atoms with van der Waals surface area (Å²) in [7, 11) is 2.01. The van der Waals surface area contributed by atoms with E-state index in [4.69, 9.17) is 23.2 Å². The van der Waals surface area contributed by atoms with Crippen LogP contribution in [0.3, 0.4) is 0 Å². The Kier molecular flexibility index (Phi) is 10.1. The summed E-state index contributed by atoms with van der Waals surface area (Å²) in [6, 6.07) is 5.69. The Morgan fingerprint density at radius 3 is 1.95 bits per heavy atom. The van der Waals surface area contributed by atoms with Crippen molar-refractivity contribution < 1.29 is 0 Å². The molecule has 4 heteroatoms. The number of rotatable bonds is 11. The molecule has 1 aromatic rings. The van der Waals surface area contributed by atoms with Gasteiger partial charge in [0.2, 0.25) is 0 Å². The van der Waals surface area contributed by atoms with E-state index >= 15 is 0 Å². The fourth-order valence-electron chi connectivity index (χ4n) is 2.20. The van der Waals surface area contributed by atoms with Crippen molar-refractivity contribution in [1.82, 2.24) is 10.6 Å². The van der Waals surface area contributed by atoms with Crippen LogP contribution < -0.4 is 10.6 Å². The van der Waals surface area contributed by atoms with Gasteiger partial charge in [0.1, 0.15) is 0 Å². The Morgan fingerprint density at radius 2 is 1.35 bits per heavy atom. The zero-order chi connectivity index (χ0) is 14.6. The maximum Gasteiger partial charge on any atom is 0.0424 e. The van der Waals surface area contributed by atoms with E-state index in [-0.39, 0.29) is 0 Å². The van der Waals surface area contributed by atoms with Gasteiger partial charge >= 0.3 is 0 Å². The summed E-state index contributed by atoms with van der Waals surface area (Å²) >= 11 is 11.9. The molecule has 0 radical (unpaired) electrons. The Hall–Kier alpha value is -0.280. The number of hydrogen-bond acceptors (Lipinski definition) is 2. The van der Waals surface area contributed by atoms with E-state index in [1.165, 1.54) is 38.5 Å². The van der Waals surface area contributed by atoms with Crippen molar-refractivity contribution in [3.63, 3.8) is 0 Å². The molecule has 114 valence electrons. The Labute approximate surface area is 133 Å². The first kappa shape index (κ1) is 17.8. The highest BCUT2D eigenvalue weighted by atomic mass is 35.5. The second-order valence-corrected chi connectivity index (χ2v) is 6.05. The van der Waals surface area contributed by atoms with Crippen molar-refractivity contribution in [2.75, 3.05) is 20.1 Å². The molecule has 1 aromatic carbocycles. The predicted octanol–water partition coefficient (Wildman–Crippen LogP) is 4.64. The molecular weight excluding hydrogens is 291 g/mol. The average molecular weight is 317 g/mol. The summed E-state index contributed by atoms with van der Waals surface area (Å²) < 4.78 is 0. The molecule has 0 aliphatic carbocycles. The standard InChI is InChI=1S/C16H26Cl2N2/c1-19-8-6-4-2-3-5-7-9-20-13-14-10-15(17)12-16(18)11-14/h10-12,19-20H,2-9,13H2,1H3. The molecule has 2 N–H and O–H groups in total. The molecule has 20 heavy (non-hydrogen) atoms. The molecular formula is C16H26Cl2N2. The number of nitrogens with one attached hydrogen (secondary N) is 2. The average Bonchev–Trinajstić information content (AvgIpc) is 2.40. The minimum absolute atomic E-state index is 0.705. The first-order valence-corrected chi connectivity index (χ1v) is 8.28. The molecule has 0 fully saturated rings. The Bertz CT molecular complexity index is 349. The predicted molar refractivity (Wildman–Crippen MR) is 89.8 cm³/mol. The van der Waals surface area contributed by atoms with Gasteiger partial charge in [-0.05, 0) is 56.7 Å². The van der Waals surface area contributed by atoms with E-state index in [2.05, 4.69) is 10.6 Å². The van der Waals surface area contributed by atoms with Crippen LogP contribution in [0.5, 0.6) is 0 Å². The van der Waals surface area contributed by atoms with Gasteiger partial charge in [-0.15, -0.1) is 0 Å². The van der Waals surface area contributed by atoms with Gasteiger partial charge in [0.25, 0.3) is 0 Å². The van der Waals surface area contributed by atoms with Gasteiger partial charge < -0.3 is 10.6 Å². The normalized spacial score (nSPS) is 10.9. The fourth-order valence-corrected chi connectivity index (χ4v) is 2.78. The molecule has 0 atom stereocenters. The van der Waals surface area contributed by atoms with Crippen LogP contribution in [0.2, 0.25) is 10.0 Å². The number of halogens is 2. The second kappa shape index (κ2) is 11.4. The molecule has 0 aliphatic heterocycles. The third kappa shape index (κ3) is 8.80. The van der Waals surface area contributed by atoms with Crippen LogP contribution in [-0.4, -0.2) is 20.1 Å². The number of benzene rings is 1. The van der Waals surface area contributed by atoms with Gasteiger partial charge in [-0.3, -0.25) is 0 Å². The van der Waals surface area contributed by atoms with Crippen LogP contribution in [0.1, 0.15) is 44.1 Å². The summed E-state index contributed by atoms with van der Waals surface area (Å²) in [5, 5.41) is 8.03. The summed E-state index contributed by atoms with van der Waals surface area (Å²) in [6.45, 7) is 3.03. The van der Waals surface area contributed by atoms with Crippen LogP contribution in [0, 0.1) is 0 Å². The number of hydrogen-bond donors (Lipinski definition) is 2. The highest BCUT2D eigenvalue weighted by Crippen LogP contribution is 2.18. The highest BCUT2D eigenvalue weighted by Gasteiger charge is 1.98. The lowest BCUT2D eigenvalue weighted by atomic mass is 10.1. The summed E-state index contributed by atoms with van der Waals surface area (Å²) in [5.74, 6) is 0. The molecule has 0 heterocycles. The van der Waals surface area contributed by atoms with E-state index in [0.29, 0.717) is 10.0 Å². The van der Waals surface area contributed by atoms with Crippen LogP contribution >= 0.6 is 23.2 Å². The molecule has 0 bridgehead atoms. The Balaban J connectivity index is 1.97. The molecule has 0 unspecified atom stereocenters. The third-order valence-electron chi connectivity index (χ3n) is 3.28. The second-order valence-electron chi connectivity index (χ2n) is 5.18. The maximum atomic E-state index is 5.97. The third-order valence-corrected chi connectivity index (χ3v) is 3.72. The summed E-state index contributed by atoms with van der Waals surface area (Å²) in [6.07, 6.45) is 7.88. The lowest BCUT2D eigenvalue weighted by Crippen LogP contribution is -2.14. The van der Waals surface area contributed by atoms with E-state index < -0.39 is 0 Å². The molecule has 2 nitrogen and oxygen atoms in total. The molecule has 1 rings (SSSR count). The van der Waals surface area contributed by atoms with Crippen molar-refractivity contribution in [3.05, 3.63) is 33.8 Å². The van der Waals surface area contributed by atoms with Crippen LogP contribution in [0.4, 0.5) is 0 Å². The fraction of sp³-hybridized carbons (Fsp3) is 0.625. The molecule has 0 saturated carbocycles. The minimum atomic E-state index is 0.705. The van der Waals surface area contributed by atoms with E-state index in [1.54, 1.807) is 6.07 Å². The molecule has 0 saturated heterocycles. The SMILES string of the molecule is CNCCCCCCCCNCc1cc(Cl)cc(Cl)c1. The Morgan fingerprint density at radius 1 is 0.800 bits per heavy atom.